The zero-order chi connectivity index (χ0) is 20.1. The lowest BCUT2D eigenvalue weighted by molar-refractivity contribution is -0.156. The average molecular weight is 406 g/mol. The SMILES string of the molecule is CCC(C(=O)OCC(=O)N1CCCC(C)C1)n1nnc(-c2ccc(Cl)cc2)n1. The number of nitrogens with zero attached hydrogens (tertiary/aromatic N) is 5. The van der Waals surface area contributed by atoms with Crippen LogP contribution in [0.5, 0.6) is 0 Å². The molecule has 0 spiro atoms. The maximum Gasteiger partial charge on any atom is 0.333 e. The Labute approximate surface area is 168 Å². The number of esters is 1. The van der Waals surface area contributed by atoms with E-state index in [1.165, 1.54) is 4.80 Å². The number of tetrazole rings is 1. The van der Waals surface area contributed by atoms with Crippen molar-refractivity contribution in [3.8, 4) is 11.4 Å². The Morgan fingerprint density at radius 1 is 1.32 bits per heavy atom. The molecular formula is C19H24ClN5O3. The predicted molar refractivity (Wildman–Crippen MR) is 104 cm³/mol. The highest BCUT2D eigenvalue weighted by molar-refractivity contribution is 6.30. The normalized spacial score (nSPS) is 18.0. The van der Waals surface area contributed by atoms with Crippen molar-refractivity contribution in [3.63, 3.8) is 0 Å². The predicted octanol–water partition coefficient (Wildman–Crippen LogP) is 2.75. The molecule has 0 N–H and O–H groups in total. The van der Waals surface area contributed by atoms with Crippen molar-refractivity contribution in [2.75, 3.05) is 19.7 Å². The number of aromatic nitrogens is 4. The summed E-state index contributed by atoms with van der Waals surface area (Å²) < 4.78 is 5.25. The number of carbonyl (C=O) groups excluding carboxylic acids is 2. The number of ether oxygens (including phenoxy) is 1. The Morgan fingerprint density at radius 2 is 2.07 bits per heavy atom. The average Bonchev–Trinajstić information content (AvgIpc) is 3.17. The van der Waals surface area contributed by atoms with Crippen LogP contribution in [0.1, 0.15) is 39.2 Å². The second-order valence-electron chi connectivity index (χ2n) is 7.06. The molecule has 28 heavy (non-hydrogen) atoms. The monoisotopic (exact) mass is 405 g/mol. The van der Waals surface area contributed by atoms with Crippen molar-refractivity contribution in [2.24, 2.45) is 5.92 Å². The second-order valence-corrected chi connectivity index (χ2v) is 7.50. The van der Waals surface area contributed by atoms with Crippen molar-refractivity contribution in [1.29, 1.82) is 0 Å². The largest absolute Gasteiger partial charge is 0.454 e. The van der Waals surface area contributed by atoms with Crippen molar-refractivity contribution in [1.82, 2.24) is 25.1 Å². The third kappa shape index (κ3) is 4.86. The first-order chi connectivity index (χ1) is 13.5. The van der Waals surface area contributed by atoms with E-state index in [1.807, 2.05) is 6.92 Å². The maximum atomic E-state index is 12.5. The molecule has 0 bridgehead atoms. The van der Waals surface area contributed by atoms with Crippen LogP contribution in [0.3, 0.4) is 0 Å². The first-order valence-corrected chi connectivity index (χ1v) is 9.85. The van der Waals surface area contributed by atoms with Gasteiger partial charge in [-0.3, -0.25) is 4.79 Å². The molecule has 8 nitrogen and oxygen atoms in total. The highest BCUT2D eigenvalue weighted by Gasteiger charge is 2.26. The van der Waals surface area contributed by atoms with Gasteiger partial charge in [0.1, 0.15) is 0 Å². The number of likely N-dealkylation sites (tertiary alicyclic amines) is 1. The quantitative estimate of drug-likeness (QED) is 0.686. The molecule has 2 aromatic rings. The molecule has 1 fully saturated rings. The molecule has 1 aromatic heterocycles. The number of piperidine rings is 1. The fourth-order valence-electron chi connectivity index (χ4n) is 3.23. The molecule has 3 rings (SSSR count). The number of hydrogen-bond donors (Lipinski definition) is 0. The minimum Gasteiger partial charge on any atom is -0.454 e. The van der Waals surface area contributed by atoms with Crippen LogP contribution in [0.2, 0.25) is 5.02 Å². The molecule has 1 saturated heterocycles. The van der Waals surface area contributed by atoms with Gasteiger partial charge in [-0.05, 0) is 54.7 Å². The summed E-state index contributed by atoms with van der Waals surface area (Å²) in [5, 5.41) is 12.9. The highest BCUT2D eigenvalue weighted by Crippen LogP contribution is 2.19. The molecule has 1 amide bonds. The molecule has 1 aromatic carbocycles. The Kier molecular flexibility index (Phi) is 6.61. The van der Waals surface area contributed by atoms with E-state index in [4.69, 9.17) is 16.3 Å². The van der Waals surface area contributed by atoms with Gasteiger partial charge in [0.25, 0.3) is 5.91 Å². The lowest BCUT2D eigenvalue weighted by atomic mass is 10.0. The van der Waals surface area contributed by atoms with Gasteiger partial charge < -0.3 is 9.64 Å². The number of carbonyl (C=O) groups is 2. The van der Waals surface area contributed by atoms with Gasteiger partial charge >= 0.3 is 5.97 Å². The van der Waals surface area contributed by atoms with Crippen LogP contribution >= 0.6 is 11.6 Å². The number of halogens is 1. The van der Waals surface area contributed by atoms with Crippen LogP contribution in [0.15, 0.2) is 24.3 Å². The van der Waals surface area contributed by atoms with Gasteiger partial charge in [0.05, 0.1) is 0 Å². The van der Waals surface area contributed by atoms with E-state index >= 15 is 0 Å². The van der Waals surface area contributed by atoms with Gasteiger partial charge in [-0.15, -0.1) is 15.0 Å². The van der Waals surface area contributed by atoms with E-state index in [9.17, 15) is 9.59 Å². The first kappa shape index (κ1) is 20.3. The minimum absolute atomic E-state index is 0.164. The summed E-state index contributed by atoms with van der Waals surface area (Å²) in [6.45, 7) is 5.11. The van der Waals surface area contributed by atoms with E-state index in [-0.39, 0.29) is 12.5 Å². The lowest BCUT2D eigenvalue weighted by Gasteiger charge is -2.30. The molecular weight excluding hydrogens is 382 g/mol. The van der Waals surface area contributed by atoms with Crippen LogP contribution in [0.4, 0.5) is 0 Å². The van der Waals surface area contributed by atoms with Crippen LogP contribution in [-0.2, 0) is 14.3 Å². The molecule has 150 valence electrons. The zero-order valence-electron chi connectivity index (χ0n) is 16.0. The third-order valence-corrected chi connectivity index (χ3v) is 5.07. The number of benzene rings is 1. The Balaban J connectivity index is 1.60. The fourth-order valence-corrected chi connectivity index (χ4v) is 3.36. The summed E-state index contributed by atoms with van der Waals surface area (Å²) in [7, 11) is 0. The zero-order valence-corrected chi connectivity index (χ0v) is 16.8. The number of rotatable bonds is 6. The van der Waals surface area contributed by atoms with Gasteiger partial charge in [-0.25, -0.2) is 4.79 Å². The molecule has 0 saturated carbocycles. The van der Waals surface area contributed by atoms with Gasteiger partial charge in [-0.1, -0.05) is 25.4 Å². The number of hydrogen-bond acceptors (Lipinski definition) is 6. The Bertz CT molecular complexity index is 823. The van der Waals surface area contributed by atoms with Crippen LogP contribution < -0.4 is 0 Å². The maximum absolute atomic E-state index is 12.5. The fraction of sp³-hybridized carbons (Fsp3) is 0.526. The summed E-state index contributed by atoms with van der Waals surface area (Å²) in [4.78, 5) is 27.8. The van der Waals surface area contributed by atoms with Crippen molar-refractivity contribution in [3.05, 3.63) is 29.3 Å². The smallest absolute Gasteiger partial charge is 0.333 e. The second kappa shape index (κ2) is 9.14. The molecule has 0 aliphatic carbocycles. The van der Waals surface area contributed by atoms with Crippen molar-refractivity contribution in [2.45, 2.75) is 39.2 Å². The van der Waals surface area contributed by atoms with E-state index in [0.29, 0.717) is 36.3 Å². The van der Waals surface area contributed by atoms with E-state index < -0.39 is 12.0 Å². The van der Waals surface area contributed by atoms with Gasteiger partial charge in [-0.2, -0.15) is 0 Å². The van der Waals surface area contributed by atoms with Crippen LogP contribution in [-0.4, -0.2) is 56.7 Å². The third-order valence-electron chi connectivity index (χ3n) is 4.82. The molecule has 2 atom stereocenters. The van der Waals surface area contributed by atoms with Crippen molar-refractivity contribution >= 4 is 23.5 Å². The van der Waals surface area contributed by atoms with Crippen LogP contribution in [0.25, 0.3) is 11.4 Å². The standard InChI is InChI=1S/C19H24ClN5O3/c1-3-16(19(27)28-12-17(26)24-10-4-5-13(2)11-24)25-22-18(21-23-25)14-6-8-15(20)9-7-14/h6-9,13,16H,3-5,10-12H2,1-2H3. The summed E-state index contributed by atoms with van der Waals surface area (Å²) in [5.74, 6) is 0.160. The van der Waals surface area contributed by atoms with Gasteiger partial charge in [0.15, 0.2) is 12.6 Å². The summed E-state index contributed by atoms with van der Waals surface area (Å²) >= 11 is 5.89. The first-order valence-electron chi connectivity index (χ1n) is 9.47. The summed E-state index contributed by atoms with van der Waals surface area (Å²) in [6, 6.07) is 6.29. The summed E-state index contributed by atoms with van der Waals surface area (Å²) in [6.07, 6.45) is 2.52. The number of amides is 1. The lowest BCUT2D eigenvalue weighted by Crippen LogP contribution is -2.41. The molecule has 9 heteroatoms. The van der Waals surface area contributed by atoms with E-state index in [0.717, 1.165) is 18.4 Å². The highest BCUT2D eigenvalue weighted by atomic mass is 35.5. The molecule has 2 unspecified atom stereocenters. The van der Waals surface area contributed by atoms with E-state index in [2.05, 4.69) is 22.3 Å². The van der Waals surface area contributed by atoms with E-state index in [1.54, 1.807) is 29.2 Å². The topological polar surface area (TPSA) is 90.2 Å². The van der Waals surface area contributed by atoms with Crippen molar-refractivity contribution < 1.29 is 14.3 Å². The minimum atomic E-state index is -0.735. The molecule has 1 aliphatic heterocycles. The van der Waals surface area contributed by atoms with Gasteiger partial charge in [0.2, 0.25) is 5.82 Å². The van der Waals surface area contributed by atoms with Crippen LogP contribution in [0, 0.1) is 5.92 Å². The molecule has 0 radical (unpaired) electrons. The molecule has 2 heterocycles. The Morgan fingerprint density at radius 3 is 2.75 bits per heavy atom. The summed E-state index contributed by atoms with van der Waals surface area (Å²) in [5.41, 5.74) is 0.744. The Hall–Kier alpha value is -2.48. The van der Waals surface area contributed by atoms with Gasteiger partial charge in [0, 0.05) is 23.7 Å². The molecule has 1 aliphatic rings.